The molecular formula is C16H22N4O5S. The highest BCUT2D eigenvalue weighted by molar-refractivity contribution is 7.89. The summed E-state index contributed by atoms with van der Waals surface area (Å²) in [6, 6.07) is 5.34. The third kappa shape index (κ3) is 3.71. The molecule has 2 heterocycles. The van der Waals surface area contributed by atoms with Gasteiger partial charge in [0.05, 0.1) is 4.92 Å². The molecule has 0 bridgehead atoms. The molecular weight excluding hydrogens is 360 g/mol. The van der Waals surface area contributed by atoms with Gasteiger partial charge in [-0.05, 0) is 32.0 Å². The minimum atomic E-state index is -3.97. The summed E-state index contributed by atoms with van der Waals surface area (Å²) in [5, 5.41) is 14.4. The van der Waals surface area contributed by atoms with Crippen LogP contribution in [-0.2, 0) is 14.8 Å². The Balaban J connectivity index is 1.69. The van der Waals surface area contributed by atoms with Crippen LogP contribution in [0.15, 0.2) is 29.2 Å². The number of nitro benzene ring substituents is 1. The van der Waals surface area contributed by atoms with E-state index in [4.69, 9.17) is 0 Å². The van der Waals surface area contributed by atoms with E-state index >= 15 is 0 Å². The number of nitrogens with one attached hydrogen (secondary N) is 1. The number of benzene rings is 1. The van der Waals surface area contributed by atoms with Crippen LogP contribution < -0.4 is 5.32 Å². The van der Waals surface area contributed by atoms with E-state index in [0.717, 1.165) is 25.9 Å². The summed E-state index contributed by atoms with van der Waals surface area (Å²) in [7, 11) is -3.97. The van der Waals surface area contributed by atoms with Gasteiger partial charge < -0.3 is 10.2 Å². The van der Waals surface area contributed by atoms with Gasteiger partial charge in [0.15, 0.2) is 4.90 Å². The van der Waals surface area contributed by atoms with E-state index in [9.17, 15) is 23.3 Å². The molecule has 3 rings (SSSR count). The Bertz CT molecular complexity index is 784. The summed E-state index contributed by atoms with van der Waals surface area (Å²) in [5.41, 5.74) is -0.430. The Morgan fingerprint density at radius 2 is 1.73 bits per heavy atom. The first-order valence-electron chi connectivity index (χ1n) is 8.64. The molecule has 2 aliphatic rings. The van der Waals surface area contributed by atoms with Gasteiger partial charge in [-0.15, -0.1) is 0 Å². The molecule has 142 valence electrons. The molecule has 0 atom stereocenters. The van der Waals surface area contributed by atoms with Gasteiger partial charge in [-0.2, -0.15) is 4.31 Å². The summed E-state index contributed by atoms with van der Waals surface area (Å²) in [6.45, 7) is 2.55. The molecule has 0 unspecified atom stereocenters. The Labute approximate surface area is 152 Å². The lowest BCUT2D eigenvalue weighted by Gasteiger charge is -2.36. The fourth-order valence-corrected chi connectivity index (χ4v) is 5.02. The molecule has 0 aliphatic carbocycles. The van der Waals surface area contributed by atoms with Crippen LogP contribution in [0.25, 0.3) is 0 Å². The molecule has 10 heteroatoms. The minimum Gasteiger partial charge on any atom is -0.340 e. The fraction of sp³-hybridized carbons (Fsp3) is 0.562. The van der Waals surface area contributed by atoms with Gasteiger partial charge in [-0.1, -0.05) is 12.1 Å². The van der Waals surface area contributed by atoms with Crippen molar-refractivity contribution in [3.63, 3.8) is 0 Å². The number of carbonyl (C=O) groups is 1. The molecule has 0 radical (unpaired) electrons. The summed E-state index contributed by atoms with van der Waals surface area (Å²) in [4.78, 5) is 24.4. The minimum absolute atomic E-state index is 0.00498. The zero-order valence-corrected chi connectivity index (χ0v) is 15.2. The molecule has 1 aromatic rings. The van der Waals surface area contributed by atoms with Crippen LogP contribution in [0.4, 0.5) is 5.69 Å². The monoisotopic (exact) mass is 382 g/mol. The molecule has 1 amide bonds. The van der Waals surface area contributed by atoms with E-state index in [0.29, 0.717) is 13.1 Å². The van der Waals surface area contributed by atoms with Crippen molar-refractivity contribution in [3.8, 4) is 0 Å². The third-order valence-corrected chi connectivity index (χ3v) is 6.86. The van der Waals surface area contributed by atoms with Crippen LogP contribution in [0.3, 0.4) is 0 Å². The summed E-state index contributed by atoms with van der Waals surface area (Å²) in [6.07, 6.45) is 1.60. The molecule has 0 spiro atoms. The number of piperidine rings is 1. The van der Waals surface area contributed by atoms with Gasteiger partial charge in [0, 0.05) is 38.2 Å². The van der Waals surface area contributed by atoms with Crippen LogP contribution in [0.1, 0.15) is 12.8 Å². The zero-order chi connectivity index (χ0) is 18.7. The number of para-hydroxylation sites is 1. The first-order chi connectivity index (χ1) is 12.4. The smallest absolute Gasteiger partial charge is 0.289 e. The fourth-order valence-electron chi connectivity index (χ4n) is 3.44. The van der Waals surface area contributed by atoms with Gasteiger partial charge in [0.2, 0.25) is 15.9 Å². The van der Waals surface area contributed by atoms with Crippen LogP contribution in [0.2, 0.25) is 0 Å². The van der Waals surface area contributed by atoms with Crippen molar-refractivity contribution in [1.29, 1.82) is 0 Å². The average Bonchev–Trinajstić information content (AvgIpc) is 2.68. The normalized spacial score (nSPS) is 20.1. The number of hydrogen-bond donors (Lipinski definition) is 1. The predicted molar refractivity (Wildman–Crippen MR) is 94.0 cm³/mol. The maximum Gasteiger partial charge on any atom is 0.289 e. The highest BCUT2D eigenvalue weighted by Crippen LogP contribution is 2.27. The van der Waals surface area contributed by atoms with Crippen molar-refractivity contribution < 1.29 is 18.1 Å². The molecule has 1 N–H and O–H groups in total. The number of amides is 1. The maximum atomic E-state index is 12.8. The summed E-state index contributed by atoms with van der Waals surface area (Å²) >= 11 is 0. The van der Waals surface area contributed by atoms with Crippen molar-refractivity contribution in [1.82, 2.24) is 14.5 Å². The van der Waals surface area contributed by atoms with E-state index in [1.165, 1.54) is 28.6 Å². The number of carbonyl (C=O) groups excluding carboxylic acids is 1. The van der Waals surface area contributed by atoms with Crippen molar-refractivity contribution in [2.75, 3.05) is 39.3 Å². The summed E-state index contributed by atoms with van der Waals surface area (Å²) < 4.78 is 26.8. The van der Waals surface area contributed by atoms with Gasteiger partial charge in [0.1, 0.15) is 0 Å². The quantitative estimate of drug-likeness (QED) is 0.597. The lowest BCUT2D eigenvalue weighted by atomic mass is 9.96. The van der Waals surface area contributed by atoms with E-state index < -0.39 is 20.6 Å². The Kier molecular flexibility index (Phi) is 5.54. The summed E-state index contributed by atoms with van der Waals surface area (Å²) in [5.74, 6) is 0.0730. The molecule has 1 aromatic carbocycles. The number of sulfonamides is 1. The van der Waals surface area contributed by atoms with Gasteiger partial charge in [0.25, 0.3) is 5.69 Å². The van der Waals surface area contributed by atoms with Crippen LogP contribution in [0.5, 0.6) is 0 Å². The zero-order valence-electron chi connectivity index (χ0n) is 14.3. The van der Waals surface area contributed by atoms with E-state index in [-0.39, 0.29) is 29.8 Å². The van der Waals surface area contributed by atoms with Crippen LogP contribution >= 0.6 is 0 Å². The van der Waals surface area contributed by atoms with Crippen molar-refractivity contribution >= 4 is 21.6 Å². The van der Waals surface area contributed by atoms with E-state index in [1.807, 2.05) is 0 Å². The van der Waals surface area contributed by atoms with Gasteiger partial charge >= 0.3 is 0 Å². The Morgan fingerprint density at radius 3 is 2.35 bits per heavy atom. The second-order valence-electron chi connectivity index (χ2n) is 6.48. The highest BCUT2D eigenvalue weighted by atomic mass is 32.2. The molecule has 2 aliphatic heterocycles. The highest BCUT2D eigenvalue weighted by Gasteiger charge is 2.35. The number of hydrogen-bond acceptors (Lipinski definition) is 6. The van der Waals surface area contributed by atoms with Crippen LogP contribution in [-0.4, -0.2) is 67.7 Å². The Morgan fingerprint density at radius 1 is 1.12 bits per heavy atom. The lowest BCUT2D eigenvalue weighted by molar-refractivity contribution is -0.387. The largest absolute Gasteiger partial charge is 0.340 e. The first kappa shape index (κ1) is 18.7. The van der Waals surface area contributed by atoms with Crippen molar-refractivity contribution in [2.45, 2.75) is 17.7 Å². The number of piperazine rings is 1. The van der Waals surface area contributed by atoms with E-state index in [1.54, 1.807) is 4.90 Å². The first-order valence-corrected chi connectivity index (χ1v) is 10.1. The van der Waals surface area contributed by atoms with Gasteiger partial charge in [-0.3, -0.25) is 14.9 Å². The van der Waals surface area contributed by atoms with Crippen LogP contribution in [0, 0.1) is 16.0 Å². The maximum absolute atomic E-state index is 12.8. The second-order valence-corrected chi connectivity index (χ2v) is 8.38. The molecule has 26 heavy (non-hydrogen) atoms. The third-order valence-electron chi connectivity index (χ3n) is 4.92. The van der Waals surface area contributed by atoms with Gasteiger partial charge in [-0.25, -0.2) is 8.42 Å². The van der Waals surface area contributed by atoms with E-state index in [2.05, 4.69) is 5.32 Å². The lowest BCUT2D eigenvalue weighted by Crippen LogP contribution is -2.52. The van der Waals surface area contributed by atoms with Crippen molar-refractivity contribution in [2.24, 2.45) is 5.92 Å². The number of rotatable bonds is 4. The average molecular weight is 382 g/mol. The van der Waals surface area contributed by atoms with Crippen molar-refractivity contribution in [3.05, 3.63) is 34.4 Å². The molecule has 0 aromatic heterocycles. The topological polar surface area (TPSA) is 113 Å². The number of nitro groups is 1. The standard InChI is InChI=1S/C16H22N4O5S/c21-16(13-5-7-17-8-6-13)18-9-11-19(12-10-18)26(24,25)15-4-2-1-3-14(15)20(22)23/h1-4,13,17H,5-12H2. The second kappa shape index (κ2) is 7.68. The predicted octanol–water partition coefficient (Wildman–Crippen LogP) is 0.427. The SMILES string of the molecule is O=C(C1CCNCC1)N1CCN(S(=O)(=O)c2ccccc2[N+](=O)[O-])CC1. The molecule has 2 fully saturated rings. The Hall–Kier alpha value is -2.04. The molecule has 2 saturated heterocycles. The number of nitrogens with zero attached hydrogens (tertiary/aromatic N) is 3. The molecule has 9 nitrogen and oxygen atoms in total. The molecule has 0 saturated carbocycles.